The van der Waals surface area contributed by atoms with Gasteiger partial charge in [0.2, 0.25) is 0 Å². The summed E-state index contributed by atoms with van der Waals surface area (Å²) >= 11 is 0. The minimum absolute atomic E-state index is 0.130. The molecule has 0 heterocycles. The third-order valence-electron chi connectivity index (χ3n) is 0.698. The molecule has 0 aromatic carbocycles. The maximum absolute atomic E-state index is 10.3. The van der Waals surface area contributed by atoms with Gasteiger partial charge in [0.05, 0.1) is 0 Å². The minimum Gasteiger partial charge on any atom is -0.411 e. The van der Waals surface area contributed by atoms with Gasteiger partial charge in [0.15, 0.2) is 5.78 Å². The maximum Gasteiger partial charge on any atom is 0.177 e. The molecule has 0 amide bonds. The molecule has 0 aliphatic heterocycles. The Morgan fingerprint density at radius 1 is 1.88 bits per heavy atom. The number of hydrogen-bond acceptors (Lipinski definition) is 3. The number of Topliss-reactive ketones (excluding diaryl/α,β-unsaturated/α-hetero) is 1. The number of rotatable bonds is 3. The van der Waals surface area contributed by atoms with Crippen LogP contribution in [-0.2, 0) is 4.79 Å². The molecule has 0 saturated heterocycles. The Labute approximate surface area is 48.0 Å². The lowest BCUT2D eigenvalue weighted by molar-refractivity contribution is -0.112. The van der Waals surface area contributed by atoms with Crippen LogP contribution in [0.15, 0.2) is 5.16 Å². The van der Waals surface area contributed by atoms with E-state index in [0.29, 0.717) is 6.42 Å². The molecular formula is C5H9NO2. The molecule has 3 nitrogen and oxygen atoms in total. The van der Waals surface area contributed by atoms with Gasteiger partial charge in [-0.15, -0.1) is 0 Å². The fourth-order valence-electron chi connectivity index (χ4n) is 0.375. The summed E-state index contributed by atoms with van der Waals surface area (Å²) in [5.41, 5.74) is 0. The Balaban J connectivity index is 3.33. The predicted molar refractivity (Wildman–Crippen MR) is 30.2 cm³/mol. The van der Waals surface area contributed by atoms with Crippen LogP contribution in [-0.4, -0.2) is 17.2 Å². The highest BCUT2D eigenvalue weighted by Gasteiger charge is 1.91. The van der Waals surface area contributed by atoms with Crippen molar-refractivity contribution in [3.05, 3.63) is 0 Å². The Kier molecular flexibility index (Phi) is 3.84. The maximum atomic E-state index is 10.3. The van der Waals surface area contributed by atoms with Crippen LogP contribution in [0.25, 0.3) is 0 Å². The highest BCUT2D eigenvalue weighted by atomic mass is 16.4. The van der Waals surface area contributed by atoms with Crippen molar-refractivity contribution in [1.82, 2.24) is 0 Å². The van der Waals surface area contributed by atoms with Gasteiger partial charge in [0, 0.05) is 6.42 Å². The van der Waals surface area contributed by atoms with Gasteiger partial charge >= 0.3 is 0 Å². The molecule has 0 aromatic rings. The van der Waals surface area contributed by atoms with Crippen LogP contribution in [0.3, 0.4) is 0 Å². The monoisotopic (exact) mass is 115 g/mol. The second-order valence-corrected chi connectivity index (χ2v) is 1.46. The lowest BCUT2D eigenvalue weighted by Gasteiger charge is -1.83. The predicted octanol–water partition coefficient (Wildman–Crippen LogP) is 0.816. The van der Waals surface area contributed by atoms with Crippen molar-refractivity contribution in [2.24, 2.45) is 5.16 Å². The SMILES string of the molecule is CCCC(=O)/C=N/O. The molecular weight excluding hydrogens is 106 g/mol. The standard InChI is InChI=1S/C5H9NO2/c1-2-3-5(7)4-6-8/h4,8H,2-3H2,1H3/b6-4+. The largest absolute Gasteiger partial charge is 0.411 e. The topological polar surface area (TPSA) is 49.7 Å². The summed E-state index contributed by atoms with van der Waals surface area (Å²) in [4.78, 5) is 10.3. The fraction of sp³-hybridized carbons (Fsp3) is 0.600. The summed E-state index contributed by atoms with van der Waals surface area (Å²) in [5, 5.41) is 10.4. The highest BCUT2D eigenvalue weighted by molar-refractivity contribution is 6.27. The molecule has 1 N–H and O–H groups in total. The first-order valence-corrected chi connectivity index (χ1v) is 2.51. The van der Waals surface area contributed by atoms with E-state index < -0.39 is 0 Å². The summed E-state index contributed by atoms with van der Waals surface area (Å²) in [6.45, 7) is 1.89. The first-order valence-electron chi connectivity index (χ1n) is 2.51. The minimum atomic E-state index is -0.130. The molecule has 0 aliphatic carbocycles. The third kappa shape index (κ3) is 3.33. The normalized spacial score (nSPS) is 10.1. The molecule has 0 spiro atoms. The molecule has 0 atom stereocenters. The molecule has 46 valence electrons. The van der Waals surface area contributed by atoms with E-state index in [2.05, 4.69) is 5.16 Å². The number of nitrogens with zero attached hydrogens (tertiary/aromatic N) is 1. The van der Waals surface area contributed by atoms with Crippen molar-refractivity contribution in [3.63, 3.8) is 0 Å². The fourth-order valence-corrected chi connectivity index (χ4v) is 0.375. The van der Waals surface area contributed by atoms with Gasteiger partial charge in [0.25, 0.3) is 0 Å². The van der Waals surface area contributed by atoms with Crippen molar-refractivity contribution in [3.8, 4) is 0 Å². The number of hydrogen-bond donors (Lipinski definition) is 1. The third-order valence-corrected chi connectivity index (χ3v) is 0.698. The molecule has 0 rings (SSSR count). The van der Waals surface area contributed by atoms with Crippen molar-refractivity contribution in [1.29, 1.82) is 0 Å². The van der Waals surface area contributed by atoms with Crippen molar-refractivity contribution in [2.75, 3.05) is 0 Å². The smallest absolute Gasteiger partial charge is 0.177 e. The zero-order chi connectivity index (χ0) is 6.41. The quantitative estimate of drug-likeness (QED) is 0.336. The van der Waals surface area contributed by atoms with E-state index in [1.807, 2.05) is 6.92 Å². The molecule has 3 heteroatoms. The van der Waals surface area contributed by atoms with Crippen LogP contribution in [0.1, 0.15) is 19.8 Å². The average Bonchev–Trinajstić information content (AvgIpc) is 1.68. The molecule has 0 fully saturated rings. The van der Waals surface area contributed by atoms with Gasteiger partial charge in [-0.1, -0.05) is 12.1 Å². The van der Waals surface area contributed by atoms with E-state index in [1.165, 1.54) is 0 Å². The van der Waals surface area contributed by atoms with Crippen molar-refractivity contribution in [2.45, 2.75) is 19.8 Å². The summed E-state index contributed by atoms with van der Waals surface area (Å²) in [6, 6.07) is 0. The van der Waals surface area contributed by atoms with E-state index in [0.717, 1.165) is 12.6 Å². The lowest BCUT2D eigenvalue weighted by Crippen LogP contribution is -1.96. The summed E-state index contributed by atoms with van der Waals surface area (Å²) in [7, 11) is 0. The van der Waals surface area contributed by atoms with Crippen LogP contribution in [0.5, 0.6) is 0 Å². The van der Waals surface area contributed by atoms with E-state index in [1.54, 1.807) is 0 Å². The first-order chi connectivity index (χ1) is 3.81. The van der Waals surface area contributed by atoms with Crippen LogP contribution < -0.4 is 0 Å². The molecule has 0 unspecified atom stereocenters. The molecule has 0 bridgehead atoms. The second-order valence-electron chi connectivity index (χ2n) is 1.46. The molecule has 0 aromatic heterocycles. The van der Waals surface area contributed by atoms with E-state index in [9.17, 15) is 4.79 Å². The highest BCUT2D eigenvalue weighted by Crippen LogP contribution is 1.84. The van der Waals surface area contributed by atoms with E-state index in [4.69, 9.17) is 5.21 Å². The van der Waals surface area contributed by atoms with Crippen LogP contribution in [0.2, 0.25) is 0 Å². The van der Waals surface area contributed by atoms with E-state index in [-0.39, 0.29) is 5.78 Å². The molecule has 0 aliphatic rings. The van der Waals surface area contributed by atoms with Crippen molar-refractivity contribution >= 4 is 12.0 Å². The number of carbonyl (C=O) groups excluding carboxylic acids is 1. The van der Waals surface area contributed by atoms with Gasteiger partial charge in [-0.25, -0.2) is 0 Å². The van der Waals surface area contributed by atoms with Gasteiger partial charge < -0.3 is 5.21 Å². The Hall–Kier alpha value is -0.860. The lowest BCUT2D eigenvalue weighted by atomic mass is 10.2. The van der Waals surface area contributed by atoms with Gasteiger partial charge in [-0.05, 0) is 6.42 Å². The summed E-state index contributed by atoms with van der Waals surface area (Å²) in [6.07, 6.45) is 2.18. The summed E-state index contributed by atoms with van der Waals surface area (Å²) < 4.78 is 0. The number of ketones is 1. The van der Waals surface area contributed by atoms with Crippen LogP contribution >= 0.6 is 0 Å². The van der Waals surface area contributed by atoms with Gasteiger partial charge in [-0.3, -0.25) is 4.79 Å². The number of carbonyl (C=O) groups is 1. The Morgan fingerprint density at radius 3 is 2.88 bits per heavy atom. The molecule has 0 saturated carbocycles. The first kappa shape index (κ1) is 7.14. The Bertz CT molecular complexity index is 98.6. The zero-order valence-electron chi connectivity index (χ0n) is 4.79. The summed E-state index contributed by atoms with van der Waals surface area (Å²) in [5.74, 6) is -0.130. The molecule has 8 heavy (non-hydrogen) atoms. The van der Waals surface area contributed by atoms with Gasteiger partial charge in [-0.2, -0.15) is 0 Å². The van der Waals surface area contributed by atoms with Crippen molar-refractivity contribution < 1.29 is 10.0 Å². The van der Waals surface area contributed by atoms with Crippen LogP contribution in [0, 0.1) is 0 Å². The van der Waals surface area contributed by atoms with E-state index >= 15 is 0 Å². The second kappa shape index (κ2) is 4.30. The Morgan fingerprint density at radius 2 is 2.50 bits per heavy atom. The zero-order valence-corrected chi connectivity index (χ0v) is 4.79. The number of oxime groups is 1. The van der Waals surface area contributed by atoms with Gasteiger partial charge in [0.1, 0.15) is 6.21 Å². The van der Waals surface area contributed by atoms with Crippen LogP contribution in [0.4, 0.5) is 0 Å². The molecule has 0 radical (unpaired) electrons. The average molecular weight is 115 g/mol.